The third-order valence-corrected chi connectivity index (χ3v) is 10.5. The van der Waals surface area contributed by atoms with E-state index in [1.807, 2.05) is 0 Å². The van der Waals surface area contributed by atoms with E-state index in [1.54, 1.807) is 0 Å². The van der Waals surface area contributed by atoms with Crippen molar-refractivity contribution in [1.29, 1.82) is 0 Å². The van der Waals surface area contributed by atoms with Crippen molar-refractivity contribution < 1.29 is 18.7 Å². The Kier molecular flexibility index (Phi) is 9.59. The molecule has 0 N–H and O–H groups in total. The molecule has 0 spiro atoms. The molecular formula is C23H41NO4Si. The smallest absolute Gasteiger partial charge is 0.192 e. The Morgan fingerprint density at radius 2 is 1.93 bits per heavy atom. The summed E-state index contributed by atoms with van der Waals surface area (Å²) in [5.41, 5.74) is 1.02. The maximum atomic E-state index is 6.42. The fraction of sp³-hybridized carbons (Fsp3) is 0.783. The molecule has 0 aliphatic carbocycles. The first-order valence-corrected chi connectivity index (χ1v) is 14.0. The second-order valence-electron chi connectivity index (χ2n) is 9.67. The second-order valence-corrected chi connectivity index (χ2v) is 14.4. The van der Waals surface area contributed by atoms with Crippen LogP contribution in [0.1, 0.15) is 66.2 Å². The highest BCUT2D eigenvalue weighted by Gasteiger charge is 2.38. The molecule has 166 valence electrons. The SMILES string of the molecule is C[C@H](CCC/C=C/C=C/[C@H]1CC(CC2OCCCO2)=NO1)O[Si](C)(C)C(C)(C)C. The monoisotopic (exact) mass is 423 g/mol. The van der Waals surface area contributed by atoms with Crippen molar-refractivity contribution in [3.05, 3.63) is 24.3 Å². The van der Waals surface area contributed by atoms with Crippen LogP contribution in [0.4, 0.5) is 0 Å². The van der Waals surface area contributed by atoms with Gasteiger partial charge >= 0.3 is 0 Å². The van der Waals surface area contributed by atoms with Crippen LogP contribution in [-0.4, -0.2) is 45.7 Å². The van der Waals surface area contributed by atoms with E-state index < -0.39 is 8.32 Å². The average molecular weight is 424 g/mol. The van der Waals surface area contributed by atoms with E-state index in [9.17, 15) is 0 Å². The van der Waals surface area contributed by atoms with E-state index in [4.69, 9.17) is 18.7 Å². The molecule has 0 bridgehead atoms. The molecule has 5 nitrogen and oxygen atoms in total. The number of allylic oxidation sites excluding steroid dienone is 3. The van der Waals surface area contributed by atoms with Crippen LogP contribution >= 0.6 is 0 Å². The van der Waals surface area contributed by atoms with E-state index in [0.29, 0.717) is 12.5 Å². The van der Waals surface area contributed by atoms with Gasteiger partial charge in [0.2, 0.25) is 0 Å². The molecule has 0 aromatic heterocycles. The molecule has 0 unspecified atom stereocenters. The van der Waals surface area contributed by atoms with Gasteiger partial charge in [0.05, 0.1) is 18.9 Å². The number of hydrogen-bond acceptors (Lipinski definition) is 5. The van der Waals surface area contributed by atoms with Crippen molar-refractivity contribution >= 4 is 14.0 Å². The van der Waals surface area contributed by atoms with Crippen molar-refractivity contribution in [2.45, 2.75) is 103 Å². The van der Waals surface area contributed by atoms with Gasteiger partial charge in [0.1, 0.15) is 0 Å². The number of oxime groups is 1. The van der Waals surface area contributed by atoms with Crippen LogP contribution < -0.4 is 0 Å². The van der Waals surface area contributed by atoms with Crippen molar-refractivity contribution in [3.8, 4) is 0 Å². The highest BCUT2D eigenvalue weighted by atomic mass is 28.4. The summed E-state index contributed by atoms with van der Waals surface area (Å²) in [6.07, 6.45) is 14.5. The largest absolute Gasteiger partial charge is 0.414 e. The van der Waals surface area contributed by atoms with Gasteiger partial charge in [-0.3, -0.25) is 0 Å². The molecule has 0 aromatic rings. The summed E-state index contributed by atoms with van der Waals surface area (Å²) >= 11 is 0. The van der Waals surface area contributed by atoms with Crippen LogP contribution in [0.25, 0.3) is 0 Å². The summed E-state index contributed by atoms with van der Waals surface area (Å²) in [7, 11) is -1.65. The molecule has 2 aliphatic heterocycles. The summed E-state index contributed by atoms with van der Waals surface area (Å²) in [5, 5.41) is 4.45. The number of nitrogens with zero attached hydrogens (tertiary/aromatic N) is 1. The molecule has 0 saturated carbocycles. The molecule has 2 heterocycles. The zero-order chi connectivity index (χ0) is 21.3. The van der Waals surface area contributed by atoms with Crippen LogP contribution in [0.2, 0.25) is 18.1 Å². The topological polar surface area (TPSA) is 49.3 Å². The first-order valence-electron chi connectivity index (χ1n) is 11.1. The summed E-state index contributed by atoms with van der Waals surface area (Å²) in [6.45, 7) is 15.3. The van der Waals surface area contributed by atoms with Crippen molar-refractivity contribution in [2.24, 2.45) is 5.16 Å². The molecule has 0 amide bonds. The summed E-state index contributed by atoms with van der Waals surface area (Å²) in [4.78, 5) is 5.48. The standard InChI is InChI=1S/C23H41NO4Si/c1-19(28-29(5,6)23(2,3)4)13-10-8-7-9-11-14-21-17-20(24-27-21)18-22-25-15-12-16-26-22/h7,9,11,14,19,21-22H,8,10,12-13,15-18H2,1-6H3/b9-7+,14-11+/t19-,21+/m1/s1. The minimum absolute atomic E-state index is 0.0243. The molecule has 29 heavy (non-hydrogen) atoms. The molecule has 1 saturated heterocycles. The Morgan fingerprint density at radius 3 is 2.62 bits per heavy atom. The summed E-state index contributed by atoms with van der Waals surface area (Å²) in [6, 6.07) is 0. The van der Waals surface area contributed by atoms with Gasteiger partial charge in [-0.2, -0.15) is 0 Å². The Labute approximate surface area is 178 Å². The van der Waals surface area contributed by atoms with Crippen molar-refractivity contribution in [1.82, 2.24) is 0 Å². The van der Waals surface area contributed by atoms with E-state index >= 15 is 0 Å². The Morgan fingerprint density at radius 1 is 1.21 bits per heavy atom. The van der Waals surface area contributed by atoms with E-state index in [1.165, 1.54) is 0 Å². The lowest BCUT2D eigenvalue weighted by molar-refractivity contribution is -0.173. The maximum Gasteiger partial charge on any atom is 0.192 e. The zero-order valence-electron chi connectivity index (χ0n) is 19.3. The lowest BCUT2D eigenvalue weighted by Crippen LogP contribution is -2.43. The van der Waals surface area contributed by atoms with Crippen molar-refractivity contribution in [3.63, 3.8) is 0 Å². The van der Waals surface area contributed by atoms with Gasteiger partial charge in [0.15, 0.2) is 20.7 Å². The fourth-order valence-electron chi connectivity index (χ4n) is 3.14. The van der Waals surface area contributed by atoms with Gasteiger partial charge in [-0.05, 0) is 56.8 Å². The number of hydrogen-bond donors (Lipinski definition) is 0. The normalized spacial score (nSPS) is 23.0. The van der Waals surface area contributed by atoms with E-state index in [2.05, 4.69) is 70.2 Å². The second kappa shape index (κ2) is 11.4. The van der Waals surface area contributed by atoms with Gasteiger partial charge in [-0.25, -0.2) is 0 Å². The average Bonchev–Trinajstić information content (AvgIpc) is 3.07. The molecule has 0 aromatic carbocycles. The Balaban J connectivity index is 1.57. The summed E-state index contributed by atoms with van der Waals surface area (Å²) < 4.78 is 17.6. The first kappa shape index (κ1) is 24.3. The molecule has 2 atom stereocenters. The lowest BCUT2D eigenvalue weighted by atomic mass is 10.1. The zero-order valence-corrected chi connectivity index (χ0v) is 20.3. The van der Waals surface area contributed by atoms with Gasteiger partial charge in [-0.15, -0.1) is 0 Å². The number of rotatable bonds is 10. The van der Waals surface area contributed by atoms with Crippen LogP contribution in [0, 0.1) is 0 Å². The third kappa shape index (κ3) is 8.75. The molecule has 6 heteroatoms. The minimum Gasteiger partial charge on any atom is -0.414 e. The molecule has 2 rings (SSSR count). The van der Waals surface area contributed by atoms with Crippen LogP contribution in [0.3, 0.4) is 0 Å². The van der Waals surface area contributed by atoms with Gasteiger partial charge in [-0.1, -0.05) is 44.2 Å². The Bertz CT molecular complexity index is 574. The first-order chi connectivity index (χ1) is 13.7. The predicted octanol–water partition coefficient (Wildman–Crippen LogP) is 5.98. The predicted molar refractivity (Wildman–Crippen MR) is 122 cm³/mol. The lowest BCUT2D eigenvalue weighted by Gasteiger charge is -2.38. The van der Waals surface area contributed by atoms with Gasteiger partial charge < -0.3 is 18.7 Å². The molecule has 1 fully saturated rings. The highest BCUT2D eigenvalue weighted by molar-refractivity contribution is 6.74. The summed E-state index contributed by atoms with van der Waals surface area (Å²) in [5.74, 6) is 0. The van der Waals surface area contributed by atoms with E-state index in [0.717, 1.165) is 51.0 Å². The van der Waals surface area contributed by atoms with Crippen LogP contribution in [0.5, 0.6) is 0 Å². The molecular weight excluding hydrogens is 382 g/mol. The van der Waals surface area contributed by atoms with Crippen LogP contribution in [-0.2, 0) is 18.7 Å². The number of unbranched alkanes of at least 4 members (excludes halogenated alkanes) is 1. The van der Waals surface area contributed by atoms with Crippen LogP contribution in [0.15, 0.2) is 29.5 Å². The quantitative estimate of drug-likeness (QED) is 0.246. The highest BCUT2D eigenvalue weighted by Crippen LogP contribution is 2.37. The molecule has 2 aliphatic rings. The number of ether oxygens (including phenoxy) is 2. The van der Waals surface area contributed by atoms with Crippen molar-refractivity contribution in [2.75, 3.05) is 13.2 Å². The Hall–Kier alpha value is -0.953. The van der Waals surface area contributed by atoms with Gasteiger partial charge in [0, 0.05) is 18.9 Å². The third-order valence-electron chi connectivity index (χ3n) is 5.91. The maximum absolute atomic E-state index is 6.42. The van der Waals surface area contributed by atoms with Gasteiger partial charge in [0.25, 0.3) is 0 Å². The minimum atomic E-state index is -1.65. The molecule has 0 radical (unpaired) electrons. The fourth-order valence-corrected chi connectivity index (χ4v) is 4.62. The van der Waals surface area contributed by atoms with E-state index in [-0.39, 0.29) is 17.4 Å².